The zero-order chi connectivity index (χ0) is 14.7. The number of nitrogens with one attached hydrogen (secondary N) is 1. The molecule has 2 nitrogen and oxygen atoms in total. The van der Waals surface area contributed by atoms with Gasteiger partial charge in [-0.2, -0.15) is 0 Å². The van der Waals surface area contributed by atoms with Gasteiger partial charge in [0.25, 0.3) is 0 Å². The van der Waals surface area contributed by atoms with Crippen molar-refractivity contribution in [3.8, 4) is 0 Å². The summed E-state index contributed by atoms with van der Waals surface area (Å²) in [7, 11) is 2.30. The highest BCUT2D eigenvalue weighted by atomic mass is 79.9. The van der Waals surface area contributed by atoms with Crippen LogP contribution in [0.3, 0.4) is 0 Å². The van der Waals surface area contributed by atoms with Crippen LogP contribution in [-0.4, -0.2) is 37.1 Å². The van der Waals surface area contributed by atoms with Gasteiger partial charge in [-0.25, -0.2) is 0 Å². The van der Waals surface area contributed by atoms with Crippen LogP contribution in [0.5, 0.6) is 0 Å². The zero-order valence-electron chi connectivity index (χ0n) is 13.1. The van der Waals surface area contributed by atoms with Gasteiger partial charge >= 0.3 is 0 Å². The Balaban J connectivity index is 1.43. The fraction of sp³-hybridized carbons (Fsp3) is 0.667. The molecule has 0 saturated heterocycles. The molecule has 0 amide bonds. The lowest BCUT2D eigenvalue weighted by Gasteiger charge is -2.28. The topological polar surface area (TPSA) is 15.3 Å². The molecule has 116 valence electrons. The highest BCUT2D eigenvalue weighted by Gasteiger charge is 2.21. The van der Waals surface area contributed by atoms with E-state index in [1.807, 2.05) is 0 Å². The molecule has 0 aromatic heterocycles. The second kappa shape index (κ2) is 7.26. The largest absolute Gasteiger partial charge is 0.312 e. The van der Waals surface area contributed by atoms with Crippen LogP contribution in [0.15, 0.2) is 22.7 Å². The fourth-order valence-electron chi connectivity index (χ4n) is 3.87. The number of benzene rings is 1. The highest BCUT2D eigenvalue weighted by Crippen LogP contribution is 2.25. The van der Waals surface area contributed by atoms with E-state index in [4.69, 9.17) is 0 Å². The van der Waals surface area contributed by atoms with Crippen LogP contribution in [0.1, 0.15) is 43.2 Å². The maximum absolute atomic E-state index is 3.78. The van der Waals surface area contributed by atoms with Gasteiger partial charge in [0.1, 0.15) is 0 Å². The molecule has 21 heavy (non-hydrogen) atoms. The van der Waals surface area contributed by atoms with Crippen molar-refractivity contribution in [3.05, 3.63) is 33.8 Å². The summed E-state index contributed by atoms with van der Waals surface area (Å²) < 4.78 is 1.21. The van der Waals surface area contributed by atoms with Gasteiger partial charge in [-0.3, -0.25) is 0 Å². The van der Waals surface area contributed by atoms with E-state index >= 15 is 0 Å². The van der Waals surface area contributed by atoms with Crippen molar-refractivity contribution in [2.75, 3.05) is 20.1 Å². The summed E-state index contributed by atoms with van der Waals surface area (Å²) in [6.07, 6.45) is 9.34. The third-order valence-corrected chi connectivity index (χ3v) is 5.74. The summed E-state index contributed by atoms with van der Waals surface area (Å²) in [4.78, 5) is 2.56. The van der Waals surface area contributed by atoms with Gasteiger partial charge in [-0.15, -0.1) is 0 Å². The molecule has 0 heterocycles. The SMILES string of the molecule is CN(CCNC1CCc2cc(Br)ccc2C1)C1CCCC1. The fourth-order valence-corrected chi connectivity index (χ4v) is 4.28. The molecule has 2 aliphatic rings. The third-order valence-electron chi connectivity index (χ3n) is 5.24. The zero-order valence-corrected chi connectivity index (χ0v) is 14.7. The Hall–Kier alpha value is -0.380. The predicted molar refractivity (Wildman–Crippen MR) is 92.8 cm³/mol. The van der Waals surface area contributed by atoms with Crippen molar-refractivity contribution in [3.63, 3.8) is 0 Å². The van der Waals surface area contributed by atoms with Crippen LogP contribution < -0.4 is 5.32 Å². The van der Waals surface area contributed by atoms with Gasteiger partial charge in [0, 0.05) is 29.6 Å². The van der Waals surface area contributed by atoms with Crippen LogP contribution in [0.2, 0.25) is 0 Å². The lowest BCUT2D eigenvalue weighted by molar-refractivity contribution is 0.240. The number of hydrogen-bond donors (Lipinski definition) is 1. The van der Waals surface area contributed by atoms with Crippen molar-refractivity contribution in [1.29, 1.82) is 0 Å². The smallest absolute Gasteiger partial charge is 0.0178 e. The van der Waals surface area contributed by atoms with Gasteiger partial charge in [0.2, 0.25) is 0 Å². The van der Waals surface area contributed by atoms with E-state index in [1.165, 1.54) is 67.1 Å². The Morgan fingerprint density at radius 3 is 2.81 bits per heavy atom. The average molecular weight is 351 g/mol. The van der Waals surface area contributed by atoms with Gasteiger partial charge in [-0.1, -0.05) is 34.8 Å². The van der Waals surface area contributed by atoms with E-state index in [1.54, 1.807) is 0 Å². The summed E-state index contributed by atoms with van der Waals surface area (Å²) in [5, 5.41) is 3.78. The first-order valence-corrected chi connectivity index (χ1v) is 9.22. The normalized spacial score (nSPS) is 22.7. The molecule has 1 N–H and O–H groups in total. The first kappa shape index (κ1) is 15.5. The van der Waals surface area contributed by atoms with E-state index in [0.29, 0.717) is 6.04 Å². The molecule has 0 aliphatic heterocycles. The molecule has 1 fully saturated rings. The molecule has 0 radical (unpaired) electrons. The van der Waals surface area contributed by atoms with Gasteiger partial charge in [0.05, 0.1) is 0 Å². The number of hydrogen-bond acceptors (Lipinski definition) is 2. The van der Waals surface area contributed by atoms with E-state index in [-0.39, 0.29) is 0 Å². The van der Waals surface area contributed by atoms with Crippen molar-refractivity contribution < 1.29 is 0 Å². The maximum atomic E-state index is 3.78. The molecule has 1 aromatic carbocycles. The van der Waals surface area contributed by atoms with Crippen LogP contribution >= 0.6 is 15.9 Å². The lowest BCUT2D eigenvalue weighted by atomic mass is 9.88. The second-order valence-corrected chi connectivity index (χ2v) is 7.64. The van der Waals surface area contributed by atoms with E-state index in [9.17, 15) is 0 Å². The molecule has 1 aromatic rings. The Morgan fingerprint density at radius 2 is 2.00 bits per heavy atom. The van der Waals surface area contributed by atoms with Crippen LogP contribution in [-0.2, 0) is 12.8 Å². The lowest BCUT2D eigenvalue weighted by Crippen LogP contribution is -2.41. The maximum Gasteiger partial charge on any atom is 0.0178 e. The molecule has 3 rings (SSSR count). The van der Waals surface area contributed by atoms with Crippen LogP contribution in [0.25, 0.3) is 0 Å². The highest BCUT2D eigenvalue weighted by molar-refractivity contribution is 9.10. The number of aryl methyl sites for hydroxylation is 1. The van der Waals surface area contributed by atoms with Crippen LogP contribution in [0, 0.1) is 0 Å². The minimum absolute atomic E-state index is 0.663. The average Bonchev–Trinajstić information content (AvgIpc) is 3.01. The molecule has 1 saturated carbocycles. The number of likely N-dealkylation sites (N-methyl/N-ethyl adjacent to an activating group) is 1. The first-order chi connectivity index (χ1) is 10.2. The van der Waals surface area contributed by atoms with E-state index < -0.39 is 0 Å². The number of rotatable bonds is 5. The number of fused-ring (bicyclic) bond motifs is 1. The standard InChI is InChI=1S/C18H27BrN2/c1-21(18-4-2-3-5-18)11-10-20-17-9-7-14-12-16(19)8-6-15(14)13-17/h6,8,12,17-18,20H,2-5,7,9-11,13H2,1H3. The molecule has 1 atom stereocenters. The molecular formula is C18H27BrN2. The predicted octanol–water partition coefficient (Wildman–Crippen LogP) is 3.77. The third kappa shape index (κ3) is 4.08. The Labute approximate surface area is 137 Å². The summed E-state index contributed by atoms with van der Waals surface area (Å²) in [6, 6.07) is 8.26. The minimum atomic E-state index is 0.663. The Kier molecular flexibility index (Phi) is 5.36. The quantitative estimate of drug-likeness (QED) is 0.869. The van der Waals surface area contributed by atoms with Crippen molar-refractivity contribution in [2.24, 2.45) is 0 Å². The van der Waals surface area contributed by atoms with E-state index in [2.05, 4.69) is 51.4 Å². The molecule has 0 bridgehead atoms. The number of halogens is 1. The summed E-state index contributed by atoms with van der Waals surface area (Å²) >= 11 is 3.57. The molecule has 2 aliphatic carbocycles. The van der Waals surface area contributed by atoms with Crippen LogP contribution in [0.4, 0.5) is 0 Å². The van der Waals surface area contributed by atoms with Crippen molar-refractivity contribution >= 4 is 15.9 Å². The van der Waals surface area contributed by atoms with Gasteiger partial charge in [0.15, 0.2) is 0 Å². The van der Waals surface area contributed by atoms with Gasteiger partial charge < -0.3 is 10.2 Å². The summed E-state index contributed by atoms with van der Waals surface area (Å²) in [6.45, 7) is 2.32. The van der Waals surface area contributed by atoms with Crippen molar-refractivity contribution in [2.45, 2.75) is 57.0 Å². The Bertz CT molecular complexity index is 468. The summed E-state index contributed by atoms with van der Waals surface area (Å²) in [5.41, 5.74) is 3.07. The summed E-state index contributed by atoms with van der Waals surface area (Å²) in [5.74, 6) is 0. The van der Waals surface area contributed by atoms with Crippen molar-refractivity contribution in [1.82, 2.24) is 10.2 Å². The molecular weight excluding hydrogens is 324 g/mol. The first-order valence-electron chi connectivity index (χ1n) is 8.43. The molecule has 1 unspecified atom stereocenters. The monoisotopic (exact) mass is 350 g/mol. The second-order valence-electron chi connectivity index (χ2n) is 6.73. The Morgan fingerprint density at radius 1 is 1.19 bits per heavy atom. The van der Waals surface area contributed by atoms with Gasteiger partial charge in [-0.05, 0) is 62.4 Å². The number of nitrogens with zero attached hydrogens (tertiary/aromatic N) is 1. The molecule has 3 heteroatoms. The van der Waals surface area contributed by atoms with E-state index in [0.717, 1.165) is 12.6 Å². The molecule has 0 spiro atoms. The minimum Gasteiger partial charge on any atom is -0.312 e.